The maximum Gasteiger partial charge on any atom is 0.417 e. The third kappa shape index (κ3) is 2.95. The van der Waals surface area contributed by atoms with Gasteiger partial charge in [0.15, 0.2) is 17.3 Å². The Bertz CT molecular complexity index is 721. The maximum atomic E-state index is 14.2. The van der Waals surface area contributed by atoms with Crippen LogP contribution in [0.5, 0.6) is 5.75 Å². The van der Waals surface area contributed by atoms with Gasteiger partial charge in [-0.2, -0.15) is 13.2 Å². The summed E-state index contributed by atoms with van der Waals surface area (Å²) in [5.74, 6) is -1.53. The molecule has 2 nitrogen and oxygen atoms in total. The Labute approximate surface area is 124 Å². The molecule has 0 saturated carbocycles. The molecule has 0 radical (unpaired) electrons. The first-order valence-corrected chi connectivity index (χ1v) is 6.30. The summed E-state index contributed by atoms with van der Waals surface area (Å²) in [4.78, 5) is 11.3. The minimum Gasteiger partial charge on any atom is -0.494 e. The first kappa shape index (κ1) is 16.0. The SMILES string of the molecule is COc1cccc(-c2ccc(C(C)=O)c(C(F)(F)F)c2)c1F. The van der Waals surface area contributed by atoms with E-state index in [2.05, 4.69) is 0 Å². The van der Waals surface area contributed by atoms with Crippen LogP contribution in [0.15, 0.2) is 36.4 Å². The molecule has 2 rings (SSSR count). The normalized spacial score (nSPS) is 11.4. The van der Waals surface area contributed by atoms with E-state index in [1.54, 1.807) is 0 Å². The van der Waals surface area contributed by atoms with Crippen LogP contribution in [-0.4, -0.2) is 12.9 Å². The van der Waals surface area contributed by atoms with Gasteiger partial charge >= 0.3 is 6.18 Å². The highest BCUT2D eigenvalue weighted by Gasteiger charge is 2.35. The zero-order valence-electron chi connectivity index (χ0n) is 11.8. The van der Waals surface area contributed by atoms with Crippen LogP contribution < -0.4 is 4.74 Å². The van der Waals surface area contributed by atoms with Gasteiger partial charge in [0.1, 0.15) is 0 Å². The van der Waals surface area contributed by atoms with Gasteiger partial charge in [0.05, 0.1) is 12.7 Å². The number of hydrogen-bond acceptors (Lipinski definition) is 2. The molecule has 0 N–H and O–H groups in total. The van der Waals surface area contributed by atoms with Crippen molar-refractivity contribution in [1.82, 2.24) is 0 Å². The van der Waals surface area contributed by atoms with Gasteiger partial charge in [0, 0.05) is 11.1 Å². The molecular formula is C16H12F4O2. The first-order chi connectivity index (χ1) is 10.3. The summed E-state index contributed by atoms with van der Waals surface area (Å²) < 4.78 is 58.2. The van der Waals surface area contributed by atoms with Gasteiger partial charge in [-0.15, -0.1) is 0 Å². The molecule has 2 aromatic carbocycles. The Hall–Kier alpha value is -2.37. The van der Waals surface area contributed by atoms with E-state index in [9.17, 15) is 22.4 Å². The van der Waals surface area contributed by atoms with Crippen LogP contribution in [0.3, 0.4) is 0 Å². The number of methoxy groups -OCH3 is 1. The van der Waals surface area contributed by atoms with Crippen LogP contribution >= 0.6 is 0 Å². The quantitative estimate of drug-likeness (QED) is 0.605. The van der Waals surface area contributed by atoms with E-state index < -0.39 is 28.9 Å². The van der Waals surface area contributed by atoms with Crippen molar-refractivity contribution in [2.75, 3.05) is 7.11 Å². The highest BCUT2D eigenvalue weighted by atomic mass is 19.4. The molecule has 0 unspecified atom stereocenters. The molecule has 6 heteroatoms. The predicted molar refractivity (Wildman–Crippen MR) is 73.4 cm³/mol. The molecule has 0 amide bonds. The summed E-state index contributed by atoms with van der Waals surface area (Å²) in [5.41, 5.74) is -1.53. The molecule has 0 heterocycles. The number of ether oxygens (including phenoxy) is 1. The fourth-order valence-electron chi connectivity index (χ4n) is 2.14. The molecule has 0 saturated heterocycles. The molecule has 0 aliphatic carbocycles. The standard InChI is InChI=1S/C16H12F4O2/c1-9(21)11-7-6-10(8-13(11)16(18,19)20)12-4-3-5-14(22-2)15(12)17/h3-8H,1-2H3. The molecular weight excluding hydrogens is 300 g/mol. The third-order valence-electron chi connectivity index (χ3n) is 3.20. The van der Waals surface area contributed by atoms with Crippen molar-refractivity contribution in [1.29, 1.82) is 0 Å². The second-order valence-corrected chi connectivity index (χ2v) is 4.64. The molecule has 116 valence electrons. The average Bonchev–Trinajstić information content (AvgIpc) is 2.46. The number of ketones is 1. The number of carbonyl (C=O) groups excluding carboxylic acids is 1. The van der Waals surface area contributed by atoms with Gasteiger partial charge in [-0.1, -0.05) is 24.3 Å². The second-order valence-electron chi connectivity index (χ2n) is 4.64. The smallest absolute Gasteiger partial charge is 0.417 e. The predicted octanol–water partition coefficient (Wildman–Crippen LogP) is 4.72. The molecule has 0 aromatic heterocycles. The topological polar surface area (TPSA) is 26.3 Å². The molecule has 0 aliphatic rings. The van der Waals surface area contributed by atoms with Crippen molar-refractivity contribution in [2.24, 2.45) is 0 Å². The van der Waals surface area contributed by atoms with Gasteiger partial charge in [-0.25, -0.2) is 4.39 Å². The van der Waals surface area contributed by atoms with E-state index in [1.165, 1.54) is 31.4 Å². The Kier molecular flexibility index (Phi) is 4.21. The highest BCUT2D eigenvalue weighted by molar-refractivity contribution is 5.96. The lowest BCUT2D eigenvalue weighted by atomic mass is 9.96. The lowest BCUT2D eigenvalue weighted by Crippen LogP contribution is -2.12. The van der Waals surface area contributed by atoms with E-state index in [1.807, 2.05) is 0 Å². The fourth-order valence-corrected chi connectivity index (χ4v) is 2.14. The van der Waals surface area contributed by atoms with Gasteiger partial charge in [-0.05, 0) is 24.6 Å². The number of benzene rings is 2. The number of carbonyl (C=O) groups is 1. The lowest BCUT2D eigenvalue weighted by molar-refractivity contribution is -0.137. The minimum absolute atomic E-state index is 0.0220. The zero-order valence-corrected chi connectivity index (χ0v) is 11.8. The van der Waals surface area contributed by atoms with E-state index in [4.69, 9.17) is 4.74 Å². The molecule has 2 aromatic rings. The minimum atomic E-state index is -4.70. The average molecular weight is 312 g/mol. The maximum absolute atomic E-state index is 14.2. The number of halogens is 4. The van der Waals surface area contributed by atoms with Crippen LogP contribution in [0.2, 0.25) is 0 Å². The van der Waals surface area contributed by atoms with Crippen LogP contribution in [0.4, 0.5) is 17.6 Å². The monoisotopic (exact) mass is 312 g/mol. The number of hydrogen-bond donors (Lipinski definition) is 0. The molecule has 0 bridgehead atoms. The summed E-state index contributed by atoms with van der Waals surface area (Å²) >= 11 is 0. The van der Waals surface area contributed by atoms with Crippen molar-refractivity contribution in [3.05, 3.63) is 53.3 Å². The lowest BCUT2D eigenvalue weighted by Gasteiger charge is -2.14. The number of rotatable bonds is 3. The summed E-state index contributed by atoms with van der Waals surface area (Å²) in [6.07, 6.45) is -4.70. The van der Waals surface area contributed by atoms with Crippen molar-refractivity contribution < 1.29 is 27.1 Å². The van der Waals surface area contributed by atoms with Crippen LogP contribution in [0.1, 0.15) is 22.8 Å². The fraction of sp³-hybridized carbons (Fsp3) is 0.188. The number of alkyl halides is 3. The second kappa shape index (κ2) is 5.79. The van der Waals surface area contributed by atoms with Gasteiger partial charge in [-0.3, -0.25) is 4.79 Å². The Balaban J connectivity index is 2.66. The number of Topliss-reactive ketones (excluding diaryl/α,β-unsaturated/α-hetero) is 1. The molecule has 22 heavy (non-hydrogen) atoms. The van der Waals surface area contributed by atoms with Crippen LogP contribution in [0, 0.1) is 5.82 Å². The molecule has 0 atom stereocenters. The zero-order chi connectivity index (χ0) is 16.5. The summed E-state index contributed by atoms with van der Waals surface area (Å²) in [5, 5.41) is 0. The van der Waals surface area contributed by atoms with E-state index in [-0.39, 0.29) is 16.9 Å². The molecule has 0 spiro atoms. The Morgan fingerprint density at radius 1 is 1.14 bits per heavy atom. The summed E-state index contributed by atoms with van der Waals surface area (Å²) in [6, 6.07) is 7.30. The largest absolute Gasteiger partial charge is 0.494 e. The first-order valence-electron chi connectivity index (χ1n) is 6.30. The molecule has 0 fully saturated rings. The third-order valence-corrected chi connectivity index (χ3v) is 3.20. The van der Waals surface area contributed by atoms with E-state index in [0.717, 1.165) is 19.1 Å². The summed E-state index contributed by atoms with van der Waals surface area (Å²) in [6.45, 7) is 1.05. The van der Waals surface area contributed by atoms with Crippen molar-refractivity contribution in [3.8, 4) is 16.9 Å². The van der Waals surface area contributed by atoms with E-state index >= 15 is 0 Å². The van der Waals surface area contributed by atoms with Crippen molar-refractivity contribution in [2.45, 2.75) is 13.1 Å². The van der Waals surface area contributed by atoms with Crippen molar-refractivity contribution in [3.63, 3.8) is 0 Å². The molecule has 0 aliphatic heterocycles. The Morgan fingerprint density at radius 3 is 2.36 bits per heavy atom. The summed E-state index contributed by atoms with van der Waals surface area (Å²) in [7, 11) is 1.27. The van der Waals surface area contributed by atoms with Crippen LogP contribution in [0.25, 0.3) is 11.1 Å². The van der Waals surface area contributed by atoms with Crippen LogP contribution in [-0.2, 0) is 6.18 Å². The Morgan fingerprint density at radius 2 is 1.82 bits per heavy atom. The van der Waals surface area contributed by atoms with Gasteiger partial charge < -0.3 is 4.74 Å². The van der Waals surface area contributed by atoms with Crippen molar-refractivity contribution >= 4 is 5.78 Å². The van der Waals surface area contributed by atoms with Gasteiger partial charge in [0.25, 0.3) is 0 Å². The van der Waals surface area contributed by atoms with Gasteiger partial charge in [0.2, 0.25) is 0 Å². The highest BCUT2D eigenvalue weighted by Crippen LogP contribution is 2.36. The van der Waals surface area contributed by atoms with E-state index in [0.29, 0.717) is 0 Å².